The average Bonchev–Trinajstić information content (AvgIpc) is 2.79. The van der Waals surface area contributed by atoms with Crippen LogP contribution in [-0.2, 0) is 23.4 Å². The number of sulfone groups is 1. The number of aliphatic imine (C=N–C) groups is 1. The van der Waals surface area contributed by atoms with Crippen molar-refractivity contribution in [1.82, 2.24) is 15.2 Å². The molecule has 1 aromatic rings. The van der Waals surface area contributed by atoms with E-state index < -0.39 is 9.84 Å². The van der Waals surface area contributed by atoms with Crippen LogP contribution in [-0.4, -0.2) is 43.5 Å². The van der Waals surface area contributed by atoms with Crippen molar-refractivity contribution in [3.05, 3.63) is 24.0 Å². The van der Waals surface area contributed by atoms with E-state index in [0.29, 0.717) is 18.9 Å². The Bertz CT molecular complexity index is 569. The minimum atomic E-state index is -2.92. The normalized spacial score (nSPS) is 13.4. The third-order valence-electron chi connectivity index (χ3n) is 2.96. The first-order chi connectivity index (χ1) is 9.80. The Morgan fingerprint density at radius 2 is 2.14 bits per heavy atom. The minimum Gasteiger partial charge on any atom is -0.357 e. The summed E-state index contributed by atoms with van der Waals surface area (Å²) in [6.07, 6.45) is 5.84. The Morgan fingerprint density at radius 3 is 2.64 bits per heavy atom. The molecule has 0 aliphatic rings. The van der Waals surface area contributed by atoms with Gasteiger partial charge in [0.2, 0.25) is 0 Å². The number of halogens is 1. The largest absolute Gasteiger partial charge is 0.357 e. The number of nitrogens with zero attached hydrogens (tertiary/aromatic N) is 2. The molecule has 0 aliphatic heterocycles. The molecule has 6 nitrogen and oxygen atoms in total. The first kappa shape index (κ1) is 21.2. The fourth-order valence-electron chi connectivity index (χ4n) is 1.84. The lowest BCUT2D eigenvalue weighted by Gasteiger charge is -2.17. The Kier molecular flexibility index (Phi) is 9.74. The summed E-state index contributed by atoms with van der Waals surface area (Å²) in [5, 5.41) is 6.41. The molecule has 0 bridgehead atoms. The molecule has 0 saturated heterocycles. The van der Waals surface area contributed by atoms with Crippen molar-refractivity contribution < 1.29 is 8.42 Å². The van der Waals surface area contributed by atoms with Gasteiger partial charge in [0.1, 0.15) is 9.84 Å². The summed E-state index contributed by atoms with van der Waals surface area (Å²) in [6.45, 7) is 5.32. The topological polar surface area (TPSA) is 75.5 Å². The highest BCUT2D eigenvalue weighted by atomic mass is 127. The first-order valence-corrected chi connectivity index (χ1v) is 9.19. The molecule has 1 rings (SSSR count). The van der Waals surface area contributed by atoms with Crippen molar-refractivity contribution in [2.24, 2.45) is 12.0 Å². The Labute approximate surface area is 150 Å². The number of aromatic nitrogens is 1. The van der Waals surface area contributed by atoms with Crippen LogP contribution in [0.5, 0.6) is 0 Å². The van der Waals surface area contributed by atoms with E-state index in [1.807, 2.05) is 43.9 Å². The van der Waals surface area contributed by atoms with Crippen molar-refractivity contribution in [3.8, 4) is 0 Å². The van der Waals surface area contributed by atoms with Crippen LogP contribution in [0.4, 0.5) is 0 Å². The summed E-state index contributed by atoms with van der Waals surface area (Å²) in [5.41, 5.74) is 1.14. The Morgan fingerprint density at radius 1 is 1.45 bits per heavy atom. The summed E-state index contributed by atoms with van der Waals surface area (Å²) < 4.78 is 24.4. The molecule has 22 heavy (non-hydrogen) atoms. The quantitative estimate of drug-likeness (QED) is 0.382. The van der Waals surface area contributed by atoms with E-state index in [0.717, 1.165) is 12.1 Å². The second-order valence-electron chi connectivity index (χ2n) is 5.34. The standard InChI is InChI=1S/C14H26N4O2S.HI/c1-5-15-14(16-10-13-6-8-18(3)11-13)17-12(2)7-9-21(4,19)20;/h6,8,11-12H,5,7,9-10H2,1-4H3,(H2,15,16,17);1H. The van der Waals surface area contributed by atoms with Crippen LogP contribution in [0.15, 0.2) is 23.5 Å². The zero-order valence-electron chi connectivity index (χ0n) is 13.7. The lowest BCUT2D eigenvalue weighted by Crippen LogP contribution is -2.42. The number of aryl methyl sites for hydroxylation is 1. The zero-order chi connectivity index (χ0) is 15.9. The maximum atomic E-state index is 11.2. The predicted molar refractivity (Wildman–Crippen MR) is 103 cm³/mol. The fourth-order valence-corrected chi connectivity index (χ4v) is 2.62. The molecule has 0 saturated carbocycles. The van der Waals surface area contributed by atoms with Crippen LogP contribution in [0.2, 0.25) is 0 Å². The summed E-state index contributed by atoms with van der Waals surface area (Å²) in [5.74, 6) is 0.890. The van der Waals surface area contributed by atoms with Crippen molar-refractivity contribution >= 4 is 39.8 Å². The predicted octanol–water partition coefficient (Wildman–Crippen LogP) is 1.52. The maximum absolute atomic E-state index is 11.2. The van der Waals surface area contributed by atoms with Gasteiger partial charge in [-0.1, -0.05) is 0 Å². The van der Waals surface area contributed by atoms with E-state index >= 15 is 0 Å². The van der Waals surface area contributed by atoms with E-state index in [9.17, 15) is 8.42 Å². The molecule has 0 fully saturated rings. The van der Waals surface area contributed by atoms with Crippen LogP contribution in [0.1, 0.15) is 25.8 Å². The van der Waals surface area contributed by atoms with Gasteiger partial charge in [0.05, 0.1) is 12.3 Å². The molecule has 0 aromatic carbocycles. The number of rotatable bonds is 7. The molecular weight excluding hydrogens is 415 g/mol. The molecule has 0 spiro atoms. The number of hydrogen-bond acceptors (Lipinski definition) is 3. The van der Waals surface area contributed by atoms with Crippen LogP contribution in [0, 0.1) is 0 Å². The number of hydrogen-bond donors (Lipinski definition) is 2. The molecule has 1 atom stereocenters. The van der Waals surface area contributed by atoms with Crippen molar-refractivity contribution in [2.75, 3.05) is 18.6 Å². The maximum Gasteiger partial charge on any atom is 0.191 e. The smallest absolute Gasteiger partial charge is 0.191 e. The fraction of sp³-hybridized carbons (Fsp3) is 0.643. The van der Waals surface area contributed by atoms with Gasteiger partial charge in [-0.05, 0) is 31.9 Å². The molecular formula is C14H27IN4O2S. The molecule has 0 amide bonds. The Hall–Kier alpha value is -0.770. The molecule has 128 valence electrons. The van der Waals surface area contributed by atoms with E-state index in [2.05, 4.69) is 15.6 Å². The monoisotopic (exact) mass is 442 g/mol. The van der Waals surface area contributed by atoms with Crippen molar-refractivity contribution in [3.63, 3.8) is 0 Å². The SMILES string of the molecule is CCNC(=NCc1ccn(C)c1)NC(C)CCS(C)(=O)=O.I. The minimum absolute atomic E-state index is 0. The van der Waals surface area contributed by atoms with Gasteiger partial charge in [-0.15, -0.1) is 24.0 Å². The van der Waals surface area contributed by atoms with Crippen LogP contribution in [0.3, 0.4) is 0 Å². The number of nitrogens with one attached hydrogen (secondary N) is 2. The van der Waals surface area contributed by atoms with E-state index in [4.69, 9.17) is 0 Å². The molecule has 1 aromatic heterocycles. The van der Waals surface area contributed by atoms with Crippen LogP contribution >= 0.6 is 24.0 Å². The van der Waals surface area contributed by atoms with Gasteiger partial charge in [-0.2, -0.15) is 0 Å². The van der Waals surface area contributed by atoms with Crippen molar-refractivity contribution in [1.29, 1.82) is 0 Å². The van der Waals surface area contributed by atoms with Gasteiger partial charge >= 0.3 is 0 Å². The first-order valence-electron chi connectivity index (χ1n) is 7.13. The summed E-state index contributed by atoms with van der Waals surface area (Å²) >= 11 is 0. The summed E-state index contributed by atoms with van der Waals surface area (Å²) in [4.78, 5) is 4.51. The van der Waals surface area contributed by atoms with Gasteiger partial charge in [-0.25, -0.2) is 13.4 Å². The number of guanidine groups is 1. The zero-order valence-corrected chi connectivity index (χ0v) is 16.8. The molecule has 8 heteroatoms. The van der Waals surface area contributed by atoms with Crippen LogP contribution < -0.4 is 10.6 Å². The van der Waals surface area contributed by atoms with Gasteiger partial charge in [0.25, 0.3) is 0 Å². The second-order valence-corrected chi connectivity index (χ2v) is 7.60. The molecule has 2 N–H and O–H groups in total. The van der Waals surface area contributed by atoms with Gasteiger partial charge in [0, 0.05) is 38.3 Å². The third kappa shape index (κ3) is 9.29. The summed E-state index contributed by atoms with van der Waals surface area (Å²) in [6, 6.07) is 2.08. The lowest BCUT2D eigenvalue weighted by molar-refractivity contribution is 0.581. The molecule has 1 heterocycles. The molecule has 0 aliphatic carbocycles. The van der Waals surface area contributed by atoms with E-state index in [-0.39, 0.29) is 35.8 Å². The van der Waals surface area contributed by atoms with E-state index in [1.54, 1.807) is 0 Å². The lowest BCUT2D eigenvalue weighted by atomic mass is 10.3. The molecule has 1 unspecified atom stereocenters. The molecule has 0 radical (unpaired) electrons. The highest BCUT2D eigenvalue weighted by Crippen LogP contribution is 2.01. The van der Waals surface area contributed by atoms with Gasteiger partial charge in [0.15, 0.2) is 5.96 Å². The van der Waals surface area contributed by atoms with Gasteiger partial charge in [-0.3, -0.25) is 0 Å². The van der Waals surface area contributed by atoms with Crippen LogP contribution in [0.25, 0.3) is 0 Å². The highest BCUT2D eigenvalue weighted by molar-refractivity contribution is 14.0. The van der Waals surface area contributed by atoms with E-state index in [1.165, 1.54) is 6.26 Å². The van der Waals surface area contributed by atoms with Gasteiger partial charge < -0.3 is 15.2 Å². The highest BCUT2D eigenvalue weighted by Gasteiger charge is 2.09. The average molecular weight is 442 g/mol. The summed E-state index contributed by atoms with van der Waals surface area (Å²) in [7, 11) is -0.947. The Balaban J connectivity index is 0.00000441. The van der Waals surface area contributed by atoms with Crippen molar-refractivity contribution in [2.45, 2.75) is 32.9 Å². The second kappa shape index (κ2) is 10.1. The third-order valence-corrected chi connectivity index (χ3v) is 3.94.